The van der Waals surface area contributed by atoms with Crippen molar-refractivity contribution >= 4 is 23.4 Å². The first kappa shape index (κ1) is 20.0. The minimum Gasteiger partial charge on any atom is -0.454 e. The molecule has 1 aromatic carbocycles. The zero-order valence-electron chi connectivity index (χ0n) is 16.9. The number of benzene rings is 1. The minimum atomic E-state index is 0.0127. The zero-order chi connectivity index (χ0) is 20.2. The fourth-order valence-corrected chi connectivity index (χ4v) is 4.81. The van der Waals surface area contributed by atoms with E-state index in [1.165, 1.54) is 4.90 Å². The molecule has 1 fully saturated rings. The van der Waals surface area contributed by atoms with Gasteiger partial charge in [0.1, 0.15) is 5.82 Å². The van der Waals surface area contributed by atoms with Crippen molar-refractivity contribution in [1.82, 2.24) is 14.8 Å². The van der Waals surface area contributed by atoms with Crippen LogP contribution >= 0.6 is 11.8 Å². The quantitative estimate of drug-likeness (QED) is 0.664. The monoisotopic (exact) mass is 418 g/mol. The molecule has 4 rings (SSSR count). The highest BCUT2D eigenvalue weighted by Crippen LogP contribution is 2.34. The van der Waals surface area contributed by atoms with Gasteiger partial charge in [-0.15, -0.1) is 10.2 Å². The minimum absolute atomic E-state index is 0.0127. The molecule has 29 heavy (non-hydrogen) atoms. The molecule has 1 amide bonds. The number of nitrogens with zero attached hydrogens (tertiary/aromatic N) is 3. The Bertz CT molecular complexity index is 872. The molecule has 3 heterocycles. The van der Waals surface area contributed by atoms with E-state index < -0.39 is 0 Å². The van der Waals surface area contributed by atoms with Crippen LogP contribution in [0.15, 0.2) is 23.4 Å². The van der Waals surface area contributed by atoms with E-state index >= 15 is 0 Å². The van der Waals surface area contributed by atoms with Crippen molar-refractivity contribution in [2.45, 2.75) is 44.3 Å². The van der Waals surface area contributed by atoms with E-state index in [-0.39, 0.29) is 12.7 Å². The standard InChI is InChI=1S/C20H27N5O3S/c1-3-25-19(22-23-20(25)29-4-2)14-6-5-9-24(11-14)12-18(26)21-15-7-8-16-17(10-15)28-13-27-16/h7-8,10,14H,3-6,9,11-13H2,1-2H3,(H,21,26)/p+1/t14-/m0/s1. The number of anilines is 1. The molecule has 0 spiro atoms. The van der Waals surface area contributed by atoms with Gasteiger partial charge in [-0.2, -0.15) is 0 Å². The van der Waals surface area contributed by atoms with Crippen LogP contribution in [-0.2, 0) is 11.3 Å². The number of nitrogens with one attached hydrogen (secondary N) is 2. The summed E-state index contributed by atoms with van der Waals surface area (Å²) < 4.78 is 12.9. The van der Waals surface area contributed by atoms with Gasteiger partial charge in [0.2, 0.25) is 6.79 Å². The van der Waals surface area contributed by atoms with Crippen LogP contribution in [-0.4, -0.2) is 52.9 Å². The Labute approximate surface area is 175 Å². The number of hydrogen-bond donors (Lipinski definition) is 2. The summed E-state index contributed by atoms with van der Waals surface area (Å²) in [4.78, 5) is 13.9. The zero-order valence-corrected chi connectivity index (χ0v) is 17.8. The fourth-order valence-electron chi connectivity index (χ4n) is 4.07. The van der Waals surface area contributed by atoms with Gasteiger partial charge >= 0.3 is 0 Å². The van der Waals surface area contributed by atoms with Crippen molar-refractivity contribution in [3.05, 3.63) is 24.0 Å². The molecule has 8 nitrogen and oxygen atoms in total. The van der Waals surface area contributed by atoms with Crippen LogP contribution < -0.4 is 19.7 Å². The Balaban J connectivity index is 1.37. The number of aromatic nitrogens is 3. The van der Waals surface area contributed by atoms with Crippen molar-refractivity contribution in [3.63, 3.8) is 0 Å². The van der Waals surface area contributed by atoms with Crippen LogP contribution in [0, 0.1) is 0 Å². The second kappa shape index (κ2) is 9.04. The summed E-state index contributed by atoms with van der Waals surface area (Å²) in [5.41, 5.74) is 0.735. The molecule has 2 atom stereocenters. The first-order valence-corrected chi connectivity index (χ1v) is 11.3. The van der Waals surface area contributed by atoms with E-state index in [2.05, 4.69) is 33.9 Å². The van der Waals surface area contributed by atoms with E-state index in [1.807, 2.05) is 18.2 Å². The van der Waals surface area contributed by atoms with Gasteiger partial charge in [-0.3, -0.25) is 4.79 Å². The third-order valence-corrected chi connectivity index (χ3v) is 6.23. The van der Waals surface area contributed by atoms with Crippen LogP contribution in [0.1, 0.15) is 38.4 Å². The van der Waals surface area contributed by atoms with Gasteiger partial charge in [-0.1, -0.05) is 18.7 Å². The van der Waals surface area contributed by atoms with Gasteiger partial charge in [0.15, 0.2) is 23.2 Å². The number of ether oxygens (including phenoxy) is 2. The number of quaternary nitrogens is 1. The fraction of sp³-hybridized carbons (Fsp3) is 0.550. The average Bonchev–Trinajstić information content (AvgIpc) is 3.34. The number of carbonyl (C=O) groups is 1. The summed E-state index contributed by atoms with van der Waals surface area (Å²) in [6.07, 6.45) is 2.19. The summed E-state index contributed by atoms with van der Waals surface area (Å²) in [6.45, 7) is 7.73. The van der Waals surface area contributed by atoms with E-state index in [0.717, 1.165) is 54.9 Å². The number of hydrogen-bond acceptors (Lipinski definition) is 6. The maximum Gasteiger partial charge on any atom is 0.279 e. The Morgan fingerprint density at radius 2 is 2.17 bits per heavy atom. The molecule has 1 unspecified atom stereocenters. The molecule has 1 saturated heterocycles. The second-order valence-electron chi connectivity index (χ2n) is 7.35. The average molecular weight is 419 g/mol. The lowest BCUT2D eigenvalue weighted by atomic mass is 9.97. The number of amides is 1. The lowest BCUT2D eigenvalue weighted by Gasteiger charge is -2.29. The van der Waals surface area contributed by atoms with Gasteiger partial charge in [-0.25, -0.2) is 0 Å². The van der Waals surface area contributed by atoms with Crippen LogP contribution in [0.2, 0.25) is 0 Å². The predicted molar refractivity (Wildman–Crippen MR) is 111 cm³/mol. The van der Waals surface area contributed by atoms with Gasteiger partial charge in [0, 0.05) is 18.3 Å². The number of fused-ring (bicyclic) bond motifs is 1. The number of piperidine rings is 1. The first-order chi connectivity index (χ1) is 14.2. The highest BCUT2D eigenvalue weighted by Gasteiger charge is 2.30. The maximum atomic E-state index is 12.6. The Morgan fingerprint density at radius 1 is 1.31 bits per heavy atom. The van der Waals surface area contributed by atoms with Crippen LogP contribution in [0.3, 0.4) is 0 Å². The van der Waals surface area contributed by atoms with Crippen LogP contribution in [0.5, 0.6) is 11.5 Å². The summed E-state index contributed by atoms with van der Waals surface area (Å²) in [6, 6.07) is 5.48. The Kier molecular flexibility index (Phi) is 6.25. The van der Waals surface area contributed by atoms with E-state index in [4.69, 9.17) is 9.47 Å². The van der Waals surface area contributed by atoms with Crippen molar-refractivity contribution in [2.75, 3.05) is 37.5 Å². The molecule has 156 valence electrons. The smallest absolute Gasteiger partial charge is 0.279 e. The summed E-state index contributed by atoms with van der Waals surface area (Å²) in [5.74, 6) is 3.80. The third kappa shape index (κ3) is 4.51. The van der Waals surface area contributed by atoms with Crippen LogP contribution in [0.25, 0.3) is 0 Å². The molecule has 9 heteroatoms. The summed E-state index contributed by atoms with van der Waals surface area (Å²) in [5, 5.41) is 12.9. The van der Waals surface area contributed by atoms with Crippen molar-refractivity contribution in [2.24, 2.45) is 0 Å². The third-order valence-electron chi connectivity index (χ3n) is 5.39. The molecule has 0 saturated carbocycles. The molecule has 2 aromatic rings. The molecular weight excluding hydrogens is 390 g/mol. The number of thioether (sulfide) groups is 1. The molecule has 0 bridgehead atoms. The molecule has 2 aliphatic rings. The number of likely N-dealkylation sites (tertiary alicyclic amines) is 1. The molecule has 2 N–H and O–H groups in total. The van der Waals surface area contributed by atoms with Crippen LogP contribution in [0.4, 0.5) is 5.69 Å². The van der Waals surface area contributed by atoms with E-state index in [0.29, 0.717) is 24.0 Å². The normalized spacial score (nSPS) is 20.6. The molecule has 2 aliphatic heterocycles. The van der Waals surface area contributed by atoms with Gasteiger partial charge in [-0.05, 0) is 37.7 Å². The van der Waals surface area contributed by atoms with Gasteiger partial charge in [0.05, 0.1) is 19.0 Å². The van der Waals surface area contributed by atoms with Gasteiger partial charge < -0.3 is 24.3 Å². The second-order valence-corrected chi connectivity index (χ2v) is 8.59. The van der Waals surface area contributed by atoms with Gasteiger partial charge in [0.25, 0.3) is 5.91 Å². The Hall–Kier alpha value is -2.26. The molecule has 1 aromatic heterocycles. The van der Waals surface area contributed by atoms with Crippen molar-refractivity contribution in [1.29, 1.82) is 0 Å². The first-order valence-electron chi connectivity index (χ1n) is 10.3. The maximum absolute atomic E-state index is 12.6. The summed E-state index contributed by atoms with van der Waals surface area (Å²) in [7, 11) is 0. The lowest BCUT2D eigenvalue weighted by molar-refractivity contribution is -0.898. The largest absolute Gasteiger partial charge is 0.454 e. The molecular formula is C20H28N5O3S+. The summed E-state index contributed by atoms with van der Waals surface area (Å²) >= 11 is 1.73. The molecule has 0 radical (unpaired) electrons. The highest BCUT2D eigenvalue weighted by atomic mass is 32.2. The van der Waals surface area contributed by atoms with Crippen molar-refractivity contribution in [3.8, 4) is 11.5 Å². The predicted octanol–water partition coefficient (Wildman–Crippen LogP) is 1.54. The Morgan fingerprint density at radius 3 is 3.00 bits per heavy atom. The van der Waals surface area contributed by atoms with Crippen molar-refractivity contribution < 1.29 is 19.2 Å². The van der Waals surface area contributed by atoms with E-state index in [9.17, 15) is 4.79 Å². The SMILES string of the molecule is CCSc1nnc([C@H]2CCC[NH+](CC(=O)Nc3ccc4c(c3)OCO4)C2)n1CC. The van der Waals surface area contributed by atoms with E-state index in [1.54, 1.807) is 11.8 Å². The number of carbonyl (C=O) groups excluding carboxylic acids is 1. The topological polar surface area (TPSA) is 82.7 Å². The number of rotatable bonds is 7. The highest BCUT2D eigenvalue weighted by molar-refractivity contribution is 7.99. The lowest BCUT2D eigenvalue weighted by Crippen LogP contribution is -3.14. The molecule has 0 aliphatic carbocycles.